The molecule has 1 aliphatic rings. The number of hydrogen-bond donors (Lipinski definition) is 2. The van der Waals surface area contributed by atoms with Crippen LogP contribution in [-0.4, -0.2) is 24.7 Å². The van der Waals surface area contributed by atoms with Crippen LogP contribution in [0.2, 0.25) is 0 Å². The number of rotatable bonds is 5. The monoisotopic (exact) mass is 340 g/mol. The third-order valence-electron chi connectivity index (χ3n) is 5.73. The minimum absolute atomic E-state index is 0. The van der Waals surface area contributed by atoms with Crippen LogP contribution in [0.5, 0.6) is 0 Å². The van der Waals surface area contributed by atoms with Gasteiger partial charge in [-0.15, -0.1) is 12.4 Å². The number of ether oxygens (including phenoxy) is 1. The summed E-state index contributed by atoms with van der Waals surface area (Å²) in [6.07, 6.45) is 0.829. The van der Waals surface area contributed by atoms with Gasteiger partial charge in [0, 0.05) is 24.6 Å². The molecule has 2 rings (SSSR count). The zero-order chi connectivity index (χ0) is 16.5. The van der Waals surface area contributed by atoms with Gasteiger partial charge >= 0.3 is 0 Å². The van der Waals surface area contributed by atoms with Crippen molar-refractivity contribution in [3.8, 4) is 0 Å². The molecule has 5 heteroatoms. The standard InChI is InChI=1S/C18H28N2O2.ClH/c1-12(15(19)13-9-7-6-8-10-13)16(21)20-14-11-18(4,22-5)17(14,2)3;/h6-10,12,14-15H,11,19H2,1-5H3,(H,20,21);1H. The molecule has 23 heavy (non-hydrogen) atoms. The van der Waals surface area contributed by atoms with E-state index < -0.39 is 0 Å². The molecule has 0 radical (unpaired) electrons. The number of amides is 1. The maximum Gasteiger partial charge on any atom is 0.224 e. The predicted octanol–water partition coefficient (Wildman–Crippen LogP) is 3.06. The van der Waals surface area contributed by atoms with Gasteiger partial charge < -0.3 is 15.8 Å². The lowest BCUT2D eigenvalue weighted by atomic mass is 9.55. The number of carbonyl (C=O) groups excluding carboxylic acids is 1. The summed E-state index contributed by atoms with van der Waals surface area (Å²) in [5.74, 6) is -0.264. The fourth-order valence-corrected chi connectivity index (χ4v) is 3.15. The molecule has 0 aliphatic heterocycles. The Hall–Kier alpha value is -1.10. The summed E-state index contributed by atoms with van der Waals surface area (Å²) in [6, 6.07) is 9.59. The van der Waals surface area contributed by atoms with E-state index in [-0.39, 0.29) is 47.3 Å². The van der Waals surface area contributed by atoms with Crippen LogP contribution in [0.25, 0.3) is 0 Å². The zero-order valence-electron chi connectivity index (χ0n) is 14.6. The lowest BCUT2D eigenvalue weighted by molar-refractivity contribution is -0.183. The van der Waals surface area contributed by atoms with Gasteiger partial charge in [-0.1, -0.05) is 51.1 Å². The van der Waals surface area contributed by atoms with Crippen molar-refractivity contribution >= 4 is 18.3 Å². The van der Waals surface area contributed by atoms with E-state index in [1.807, 2.05) is 37.3 Å². The summed E-state index contributed by atoms with van der Waals surface area (Å²) >= 11 is 0. The Bertz CT molecular complexity index is 535. The normalized spacial score (nSPS) is 28.0. The highest BCUT2D eigenvalue weighted by molar-refractivity contribution is 5.85. The summed E-state index contributed by atoms with van der Waals surface area (Å²) in [7, 11) is 1.73. The molecule has 1 aromatic carbocycles. The number of nitrogens with one attached hydrogen (secondary N) is 1. The number of carbonyl (C=O) groups is 1. The van der Waals surface area contributed by atoms with E-state index in [2.05, 4.69) is 26.1 Å². The van der Waals surface area contributed by atoms with Crippen molar-refractivity contribution in [1.29, 1.82) is 0 Å². The fourth-order valence-electron chi connectivity index (χ4n) is 3.15. The van der Waals surface area contributed by atoms with Crippen molar-refractivity contribution in [1.82, 2.24) is 5.32 Å². The SMILES string of the molecule is COC1(C)CC(NC(=O)C(C)C(N)c2ccccc2)C1(C)C.Cl. The van der Waals surface area contributed by atoms with Crippen LogP contribution in [0, 0.1) is 11.3 Å². The first-order chi connectivity index (χ1) is 10.2. The molecule has 3 N–H and O–H groups in total. The highest BCUT2D eigenvalue weighted by atomic mass is 35.5. The second-order valence-electron chi connectivity index (χ2n) is 7.15. The van der Waals surface area contributed by atoms with Crippen molar-refractivity contribution in [2.45, 2.75) is 51.8 Å². The van der Waals surface area contributed by atoms with Crippen LogP contribution in [0.15, 0.2) is 30.3 Å². The topological polar surface area (TPSA) is 64.3 Å². The first-order valence-corrected chi connectivity index (χ1v) is 7.89. The minimum Gasteiger partial charge on any atom is -0.378 e. The summed E-state index contributed by atoms with van der Waals surface area (Å²) in [5, 5.41) is 3.15. The van der Waals surface area contributed by atoms with Gasteiger partial charge in [0.2, 0.25) is 5.91 Å². The molecule has 0 saturated heterocycles. The third-order valence-corrected chi connectivity index (χ3v) is 5.73. The van der Waals surface area contributed by atoms with Gasteiger partial charge in [0.25, 0.3) is 0 Å². The van der Waals surface area contributed by atoms with Crippen LogP contribution in [0.4, 0.5) is 0 Å². The van der Waals surface area contributed by atoms with E-state index in [9.17, 15) is 4.79 Å². The molecule has 0 bridgehead atoms. The molecule has 130 valence electrons. The number of halogens is 1. The molecular weight excluding hydrogens is 312 g/mol. The quantitative estimate of drug-likeness (QED) is 0.865. The van der Waals surface area contributed by atoms with Crippen molar-refractivity contribution in [2.75, 3.05) is 7.11 Å². The van der Waals surface area contributed by atoms with Crippen LogP contribution >= 0.6 is 12.4 Å². The third kappa shape index (κ3) is 3.54. The van der Waals surface area contributed by atoms with E-state index in [0.717, 1.165) is 12.0 Å². The summed E-state index contributed by atoms with van der Waals surface area (Å²) in [5.41, 5.74) is 6.95. The van der Waals surface area contributed by atoms with Crippen LogP contribution in [-0.2, 0) is 9.53 Å². The molecule has 4 atom stereocenters. The minimum atomic E-state index is -0.293. The zero-order valence-corrected chi connectivity index (χ0v) is 15.4. The maximum absolute atomic E-state index is 12.5. The van der Waals surface area contributed by atoms with Crippen molar-refractivity contribution < 1.29 is 9.53 Å². The largest absolute Gasteiger partial charge is 0.378 e. The number of nitrogens with two attached hydrogens (primary N) is 1. The lowest BCUT2D eigenvalue weighted by Crippen LogP contribution is -2.69. The molecule has 0 spiro atoms. The highest BCUT2D eigenvalue weighted by Crippen LogP contribution is 2.51. The van der Waals surface area contributed by atoms with Crippen molar-refractivity contribution in [3.05, 3.63) is 35.9 Å². The smallest absolute Gasteiger partial charge is 0.224 e. The van der Waals surface area contributed by atoms with Gasteiger partial charge in [-0.05, 0) is 18.9 Å². The Balaban J connectivity index is 0.00000264. The maximum atomic E-state index is 12.5. The Morgan fingerprint density at radius 3 is 2.35 bits per heavy atom. The van der Waals surface area contributed by atoms with Gasteiger partial charge in [-0.25, -0.2) is 0 Å². The second-order valence-corrected chi connectivity index (χ2v) is 7.15. The van der Waals surface area contributed by atoms with Crippen molar-refractivity contribution in [2.24, 2.45) is 17.1 Å². The summed E-state index contributed by atoms with van der Waals surface area (Å²) in [4.78, 5) is 12.5. The summed E-state index contributed by atoms with van der Waals surface area (Å²) < 4.78 is 5.60. The Morgan fingerprint density at radius 1 is 1.30 bits per heavy atom. The number of benzene rings is 1. The van der Waals surface area contributed by atoms with E-state index in [1.54, 1.807) is 7.11 Å². The Morgan fingerprint density at radius 2 is 1.87 bits per heavy atom. The molecule has 0 heterocycles. The van der Waals surface area contributed by atoms with Crippen LogP contribution < -0.4 is 11.1 Å². The molecule has 0 aromatic heterocycles. The molecule has 4 nitrogen and oxygen atoms in total. The highest BCUT2D eigenvalue weighted by Gasteiger charge is 2.58. The van der Waals surface area contributed by atoms with E-state index in [4.69, 9.17) is 10.5 Å². The van der Waals surface area contributed by atoms with E-state index in [0.29, 0.717) is 0 Å². The summed E-state index contributed by atoms with van der Waals surface area (Å²) in [6.45, 7) is 8.24. The van der Waals surface area contributed by atoms with Gasteiger partial charge in [-0.2, -0.15) is 0 Å². The Kier molecular flexibility index (Phi) is 6.25. The lowest BCUT2D eigenvalue weighted by Gasteiger charge is -2.59. The first-order valence-electron chi connectivity index (χ1n) is 7.89. The predicted molar refractivity (Wildman–Crippen MR) is 95.5 cm³/mol. The van der Waals surface area contributed by atoms with Crippen LogP contribution in [0.3, 0.4) is 0 Å². The molecule has 1 aliphatic carbocycles. The molecular formula is C18H29ClN2O2. The molecule has 1 aromatic rings. The molecule has 1 fully saturated rings. The van der Waals surface area contributed by atoms with Gasteiger partial charge in [-0.3, -0.25) is 4.79 Å². The number of methoxy groups -OCH3 is 1. The number of hydrogen-bond acceptors (Lipinski definition) is 3. The molecule has 4 unspecified atom stereocenters. The average Bonchev–Trinajstić information content (AvgIpc) is 2.53. The van der Waals surface area contributed by atoms with Gasteiger partial charge in [0.1, 0.15) is 0 Å². The molecule has 1 saturated carbocycles. The molecule has 1 amide bonds. The van der Waals surface area contributed by atoms with E-state index >= 15 is 0 Å². The Labute approximate surface area is 145 Å². The van der Waals surface area contributed by atoms with Gasteiger partial charge in [0.05, 0.1) is 11.5 Å². The van der Waals surface area contributed by atoms with Gasteiger partial charge in [0.15, 0.2) is 0 Å². The van der Waals surface area contributed by atoms with E-state index in [1.165, 1.54) is 0 Å². The second kappa shape index (κ2) is 7.20. The fraction of sp³-hybridized carbons (Fsp3) is 0.611. The average molecular weight is 341 g/mol. The van der Waals surface area contributed by atoms with Crippen LogP contribution in [0.1, 0.15) is 45.7 Å². The first kappa shape index (κ1) is 19.9. The van der Waals surface area contributed by atoms with Crippen molar-refractivity contribution in [3.63, 3.8) is 0 Å².